The summed E-state index contributed by atoms with van der Waals surface area (Å²) in [4.78, 5) is 4.17. The van der Waals surface area contributed by atoms with Crippen molar-refractivity contribution in [3.8, 4) is 0 Å². The van der Waals surface area contributed by atoms with Crippen LogP contribution in [0.3, 0.4) is 0 Å². The van der Waals surface area contributed by atoms with E-state index in [0.717, 1.165) is 0 Å². The van der Waals surface area contributed by atoms with Crippen molar-refractivity contribution in [3.05, 3.63) is 35.6 Å². The van der Waals surface area contributed by atoms with E-state index < -0.39 is 0 Å². The first-order valence-corrected chi connectivity index (χ1v) is 4.13. The van der Waals surface area contributed by atoms with E-state index in [1.165, 1.54) is 12.3 Å². The van der Waals surface area contributed by atoms with Gasteiger partial charge in [0.15, 0.2) is 0 Å². The quantitative estimate of drug-likeness (QED) is 0.588. The molecule has 0 aliphatic rings. The fourth-order valence-corrected chi connectivity index (χ4v) is 0.888. The van der Waals surface area contributed by atoms with E-state index in [-0.39, 0.29) is 12.4 Å². The topological polar surface area (TPSA) is 38.4 Å². The van der Waals surface area contributed by atoms with Gasteiger partial charge in [-0.3, -0.25) is 4.99 Å². The van der Waals surface area contributed by atoms with Gasteiger partial charge in [0.25, 0.3) is 0 Å². The first-order chi connectivity index (χ1) is 6.20. The molecule has 0 saturated carbocycles. The lowest BCUT2D eigenvalue weighted by Gasteiger charge is -1.94. The highest BCUT2D eigenvalue weighted by molar-refractivity contribution is 7.80. The predicted octanol–water partition coefficient (Wildman–Crippen LogP) is 1.53. The van der Waals surface area contributed by atoms with Crippen molar-refractivity contribution in [2.24, 2.45) is 10.7 Å². The zero-order valence-electron chi connectivity index (χ0n) is 6.90. The fourth-order valence-electron chi connectivity index (χ4n) is 0.814. The van der Waals surface area contributed by atoms with E-state index in [2.05, 4.69) is 17.2 Å². The summed E-state index contributed by atoms with van der Waals surface area (Å²) in [5.74, 6) is -0.297. The number of hydrogen-bond acceptors (Lipinski definition) is 2. The molecule has 1 aromatic rings. The maximum absolute atomic E-state index is 13.0. The number of nitrogens with two attached hydrogens (primary N) is 1. The summed E-state index contributed by atoms with van der Waals surface area (Å²) < 4.78 is 13.0. The van der Waals surface area contributed by atoms with Gasteiger partial charge in [0.2, 0.25) is 0 Å². The van der Waals surface area contributed by atoms with Crippen LogP contribution in [-0.2, 0) is 0 Å². The van der Waals surface area contributed by atoms with Crippen LogP contribution in [0.4, 0.5) is 4.39 Å². The Labute approximate surface area is 81.3 Å². The van der Waals surface area contributed by atoms with Crippen LogP contribution in [0.25, 0.3) is 0 Å². The molecule has 1 rings (SSSR count). The van der Waals surface area contributed by atoms with E-state index in [1.807, 2.05) is 0 Å². The predicted molar refractivity (Wildman–Crippen MR) is 55.6 cm³/mol. The summed E-state index contributed by atoms with van der Waals surface area (Å²) in [5.41, 5.74) is 5.66. The second-order valence-corrected chi connectivity index (χ2v) is 2.98. The number of benzene rings is 1. The van der Waals surface area contributed by atoms with Crippen LogP contribution in [0.15, 0.2) is 29.3 Å². The number of aliphatic imine (C=N–C) groups is 1. The number of halogens is 1. The van der Waals surface area contributed by atoms with Gasteiger partial charge in [-0.2, -0.15) is 0 Å². The van der Waals surface area contributed by atoms with Crippen molar-refractivity contribution in [2.45, 2.75) is 0 Å². The van der Waals surface area contributed by atoms with Crippen molar-refractivity contribution in [1.29, 1.82) is 0 Å². The van der Waals surface area contributed by atoms with Gasteiger partial charge in [0.1, 0.15) is 5.82 Å². The third-order valence-electron chi connectivity index (χ3n) is 1.38. The molecule has 2 nitrogen and oxygen atoms in total. The Kier molecular flexibility index (Phi) is 3.52. The van der Waals surface area contributed by atoms with Crippen LogP contribution in [-0.4, -0.2) is 17.7 Å². The summed E-state index contributed by atoms with van der Waals surface area (Å²) in [7, 11) is 0. The molecule has 0 aliphatic heterocycles. The minimum absolute atomic E-state index is 0.254. The van der Waals surface area contributed by atoms with Crippen LogP contribution in [0.2, 0.25) is 0 Å². The van der Waals surface area contributed by atoms with Gasteiger partial charge in [-0.25, -0.2) is 4.39 Å². The van der Waals surface area contributed by atoms with Crippen LogP contribution >= 0.6 is 12.2 Å². The fraction of sp³-hybridized carbons (Fsp3) is 0.111. The minimum Gasteiger partial charge on any atom is -0.392 e. The number of nitrogens with zero attached hydrogens (tertiary/aromatic N) is 1. The summed E-state index contributed by atoms with van der Waals surface area (Å²) in [6, 6.07) is 6.38. The molecule has 68 valence electrons. The molecule has 2 N–H and O–H groups in total. The molecule has 0 spiro atoms. The Hall–Kier alpha value is -1.29. The summed E-state index contributed by atoms with van der Waals surface area (Å²) in [6.45, 7) is 0.254. The normalized spacial score (nSPS) is 10.5. The molecular formula is C9H9FN2S. The number of thiocarbonyl (C=S) groups is 1. The highest BCUT2D eigenvalue weighted by Gasteiger charge is 1.94. The van der Waals surface area contributed by atoms with Gasteiger partial charge < -0.3 is 5.73 Å². The van der Waals surface area contributed by atoms with E-state index in [4.69, 9.17) is 5.73 Å². The van der Waals surface area contributed by atoms with E-state index in [0.29, 0.717) is 10.6 Å². The Morgan fingerprint density at radius 1 is 1.54 bits per heavy atom. The second-order valence-electron chi connectivity index (χ2n) is 2.46. The smallest absolute Gasteiger partial charge is 0.131 e. The molecule has 0 amide bonds. The molecule has 0 radical (unpaired) electrons. The molecule has 0 aromatic heterocycles. The lowest BCUT2D eigenvalue weighted by molar-refractivity contribution is 0.626. The zero-order valence-corrected chi connectivity index (χ0v) is 7.72. The average Bonchev–Trinajstić information content (AvgIpc) is 2.08. The van der Waals surface area contributed by atoms with Crippen LogP contribution in [0, 0.1) is 5.82 Å². The molecule has 0 heterocycles. The Balaban J connectivity index is 2.68. The van der Waals surface area contributed by atoms with Crippen molar-refractivity contribution >= 4 is 23.4 Å². The molecule has 1 aromatic carbocycles. The van der Waals surface area contributed by atoms with Crippen molar-refractivity contribution in [3.63, 3.8) is 0 Å². The van der Waals surface area contributed by atoms with Gasteiger partial charge in [-0.1, -0.05) is 30.4 Å². The second kappa shape index (κ2) is 4.67. The third-order valence-corrected chi connectivity index (χ3v) is 1.51. The van der Waals surface area contributed by atoms with Crippen LogP contribution in [0.1, 0.15) is 5.56 Å². The average molecular weight is 196 g/mol. The number of rotatable bonds is 3. The van der Waals surface area contributed by atoms with Gasteiger partial charge in [-0.15, -0.1) is 0 Å². The maximum Gasteiger partial charge on any atom is 0.131 e. The molecular weight excluding hydrogens is 187 g/mol. The zero-order chi connectivity index (χ0) is 9.68. The highest BCUT2D eigenvalue weighted by Crippen LogP contribution is 2.02. The first kappa shape index (κ1) is 9.80. The molecule has 0 fully saturated rings. The molecule has 0 saturated heterocycles. The van der Waals surface area contributed by atoms with Crippen LogP contribution in [0.5, 0.6) is 0 Å². The first-order valence-electron chi connectivity index (χ1n) is 3.73. The molecule has 0 aliphatic carbocycles. The Morgan fingerprint density at radius 3 is 2.85 bits per heavy atom. The van der Waals surface area contributed by atoms with Gasteiger partial charge in [-0.05, 0) is 6.07 Å². The summed E-state index contributed by atoms with van der Waals surface area (Å²) in [5, 5.41) is 0. The molecule has 0 bridgehead atoms. The van der Waals surface area contributed by atoms with Crippen molar-refractivity contribution in [2.75, 3.05) is 6.54 Å². The van der Waals surface area contributed by atoms with Gasteiger partial charge >= 0.3 is 0 Å². The van der Waals surface area contributed by atoms with E-state index in [9.17, 15) is 4.39 Å². The maximum atomic E-state index is 13.0. The lowest BCUT2D eigenvalue weighted by Crippen LogP contribution is -2.11. The van der Waals surface area contributed by atoms with Gasteiger partial charge in [0.05, 0.1) is 11.5 Å². The standard InChI is InChI=1S/C9H9FN2S/c10-8-4-2-1-3-7(8)5-12-6-9(11)13/h1-5H,6H2,(H2,11,13). The van der Waals surface area contributed by atoms with Crippen molar-refractivity contribution in [1.82, 2.24) is 0 Å². The SMILES string of the molecule is NC(=S)CN=Cc1ccccc1F. The monoisotopic (exact) mass is 196 g/mol. The number of hydrogen-bond donors (Lipinski definition) is 1. The van der Waals surface area contributed by atoms with E-state index >= 15 is 0 Å². The summed E-state index contributed by atoms with van der Waals surface area (Å²) >= 11 is 4.61. The lowest BCUT2D eigenvalue weighted by atomic mass is 10.2. The molecule has 4 heteroatoms. The van der Waals surface area contributed by atoms with Crippen molar-refractivity contribution < 1.29 is 4.39 Å². The highest BCUT2D eigenvalue weighted by atomic mass is 32.1. The summed E-state index contributed by atoms with van der Waals surface area (Å²) in [6.07, 6.45) is 1.43. The minimum atomic E-state index is -0.297. The third kappa shape index (κ3) is 3.29. The van der Waals surface area contributed by atoms with E-state index in [1.54, 1.807) is 18.2 Å². The van der Waals surface area contributed by atoms with Crippen LogP contribution < -0.4 is 5.73 Å². The molecule has 0 unspecified atom stereocenters. The Bertz CT molecular complexity index is 336. The molecule has 13 heavy (non-hydrogen) atoms. The largest absolute Gasteiger partial charge is 0.392 e. The van der Waals surface area contributed by atoms with Gasteiger partial charge in [0, 0.05) is 11.8 Å². The molecule has 0 atom stereocenters. The Morgan fingerprint density at radius 2 is 2.23 bits per heavy atom.